The van der Waals surface area contributed by atoms with Crippen LogP contribution in [-0.2, 0) is 32.2 Å². The summed E-state index contributed by atoms with van der Waals surface area (Å²) in [5.41, 5.74) is 3.61. The molecule has 0 aliphatic carbocycles. The van der Waals surface area contributed by atoms with E-state index in [0.717, 1.165) is 35.2 Å². The maximum absolute atomic E-state index is 11.8. The fourth-order valence-corrected chi connectivity index (χ4v) is 4.60. The second-order valence-corrected chi connectivity index (χ2v) is 9.46. The molecule has 0 spiro atoms. The Balaban J connectivity index is 1.42. The molecule has 4 rings (SSSR count). The Morgan fingerprint density at radius 3 is 2.31 bits per heavy atom. The first-order chi connectivity index (χ1) is 17.4. The molecule has 2 fully saturated rings. The van der Waals surface area contributed by atoms with Gasteiger partial charge >= 0.3 is 5.97 Å². The van der Waals surface area contributed by atoms with Gasteiger partial charge < -0.3 is 30.1 Å². The average Bonchev–Trinajstić information content (AvgIpc) is 3.30. The summed E-state index contributed by atoms with van der Waals surface area (Å²) in [5, 5.41) is 30.7. The van der Waals surface area contributed by atoms with Crippen molar-refractivity contribution >= 4 is 11.9 Å². The largest absolute Gasteiger partial charge is 0.481 e. The number of benzene rings is 2. The number of likely N-dealkylation sites (tertiary alicyclic amines) is 1. The molecule has 194 valence electrons. The van der Waals surface area contributed by atoms with E-state index in [1.54, 1.807) is 0 Å². The van der Waals surface area contributed by atoms with Crippen LogP contribution in [0.1, 0.15) is 60.3 Å². The molecule has 4 N–H and O–H groups in total. The quantitative estimate of drug-likeness (QED) is 0.393. The Morgan fingerprint density at radius 1 is 0.972 bits per heavy atom. The normalized spacial score (nSPS) is 24.5. The standard InChI is InChI=1S/C27H34N2O7/c30-17-19-3-5-20(6-4-19)24-13-23(16-29-12-11-22(31)15-29)35-27(36-24)21-7-1-18(2-8-21)14-28-25(32)9-10-26(33)34/h1-8,22-24,27,30-31H,9-17H2,(H,28,32)(H,33,34)/t22-,23-,24+,27+/m0/s1. The minimum absolute atomic E-state index is 0.0101. The molecule has 0 unspecified atom stereocenters. The summed E-state index contributed by atoms with van der Waals surface area (Å²) >= 11 is 0. The molecule has 2 heterocycles. The minimum atomic E-state index is -0.996. The van der Waals surface area contributed by atoms with Gasteiger partial charge in [0.1, 0.15) is 0 Å². The Morgan fingerprint density at radius 2 is 1.67 bits per heavy atom. The Hall–Kier alpha value is -2.82. The molecule has 0 bridgehead atoms. The van der Waals surface area contributed by atoms with Gasteiger partial charge in [-0.15, -0.1) is 0 Å². The third-order valence-electron chi connectivity index (χ3n) is 6.63. The smallest absolute Gasteiger partial charge is 0.303 e. The van der Waals surface area contributed by atoms with Crippen LogP contribution in [-0.4, -0.2) is 63.9 Å². The van der Waals surface area contributed by atoms with E-state index in [1.165, 1.54) is 0 Å². The number of hydrogen-bond donors (Lipinski definition) is 4. The predicted molar refractivity (Wildman–Crippen MR) is 131 cm³/mol. The molecule has 0 saturated carbocycles. The molecule has 4 atom stereocenters. The molecular formula is C27H34N2O7. The number of β-amino-alcohol motifs (C(OH)–C–C–N with tert-alkyl or cyclic N) is 1. The zero-order valence-corrected chi connectivity index (χ0v) is 20.2. The maximum atomic E-state index is 11.8. The summed E-state index contributed by atoms with van der Waals surface area (Å²) in [7, 11) is 0. The fraction of sp³-hybridized carbons (Fsp3) is 0.481. The molecule has 0 aromatic heterocycles. The molecule has 2 aliphatic heterocycles. The van der Waals surface area contributed by atoms with Gasteiger partial charge in [-0.25, -0.2) is 0 Å². The second-order valence-electron chi connectivity index (χ2n) is 9.46. The predicted octanol–water partition coefficient (Wildman–Crippen LogP) is 2.27. The summed E-state index contributed by atoms with van der Waals surface area (Å²) in [6.07, 6.45) is 0.0925. The maximum Gasteiger partial charge on any atom is 0.303 e. The van der Waals surface area contributed by atoms with Crippen LogP contribution in [0.3, 0.4) is 0 Å². The van der Waals surface area contributed by atoms with E-state index in [-0.39, 0.29) is 43.7 Å². The lowest BCUT2D eigenvalue weighted by Crippen LogP contribution is -2.38. The first-order valence-electron chi connectivity index (χ1n) is 12.4. The van der Waals surface area contributed by atoms with Crippen LogP contribution in [0.15, 0.2) is 48.5 Å². The van der Waals surface area contributed by atoms with Gasteiger partial charge in [-0.05, 0) is 23.1 Å². The van der Waals surface area contributed by atoms with Crippen LogP contribution in [0.25, 0.3) is 0 Å². The number of aliphatic carboxylic acids is 1. The van der Waals surface area contributed by atoms with Crippen LogP contribution >= 0.6 is 0 Å². The lowest BCUT2D eigenvalue weighted by molar-refractivity contribution is -0.252. The van der Waals surface area contributed by atoms with Crippen LogP contribution < -0.4 is 5.32 Å². The number of carbonyl (C=O) groups excluding carboxylic acids is 1. The number of aliphatic hydroxyl groups excluding tert-OH is 2. The highest BCUT2D eigenvalue weighted by molar-refractivity contribution is 5.80. The summed E-state index contributed by atoms with van der Waals surface area (Å²) < 4.78 is 12.7. The molecule has 2 saturated heterocycles. The molecule has 1 amide bonds. The Bertz CT molecular complexity index is 1010. The number of carbonyl (C=O) groups is 2. The number of carboxylic acid groups (broad SMARTS) is 1. The lowest BCUT2D eigenvalue weighted by atomic mass is 9.99. The van der Waals surface area contributed by atoms with E-state index in [1.807, 2.05) is 48.5 Å². The van der Waals surface area contributed by atoms with Crippen molar-refractivity contribution in [3.63, 3.8) is 0 Å². The highest BCUT2D eigenvalue weighted by Gasteiger charge is 2.34. The number of rotatable bonds is 10. The second kappa shape index (κ2) is 12.4. The Kier molecular flexibility index (Phi) is 9.06. The highest BCUT2D eigenvalue weighted by atomic mass is 16.7. The van der Waals surface area contributed by atoms with Gasteiger partial charge in [-0.2, -0.15) is 0 Å². The van der Waals surface area contributed by atoms with Gasteiger partial charge in [0.25, 0.3) is 0 Å². The van der Waals surface area contributed by atoms with Crippen molar-refractivity contribution in [1.82, 2.24) is 10.2 Å². The third kappa shape index (κ3) is 7.35. The Labute approximate surface area is 210 Å². The number of hydrogen-bond acceptors (Lipinski definition) is 7. The molecule has 2 aromatic carbocycles. The van der Waals surface area contributed by atoms with E-state index in [9.17, 15) is 19.8 Å². The molecule has 2 aliphatic rings. The van der Waals surface area contributed by atoms with Gasteiger partial charge in [0.05, 0.1) is 31.3 Å². The van der Waals surface area contributed by atoms with E-state index in [0.29, 0.717) is 26.1 Å². The summed E-state index contributed by atoms with van der Waals surface area (Å²) in [5.74, 6) is -1.30. The topological polar surface area (TPSA) is 129 Å². The van der Waals surface area contributed by atoms with Crippen molar-refractivity contribution in [3.8, 4) is 0 Å². The van der Waals surface area contributed by atoms with Gasteiger partial charge in [0, 0.05) is 44.6 Å². The van der Waals surface area contributed by atoms with Crippen LogP contribution in [0.4, 0.5) is 0 Å². The van der Waals surface area contributed by atoms with Crippen molar-refractivity contribution < 1.29 is 34.4 Å². The molecule has 9 heteroatoms. The number of carboxylic acids is 1. The summed E-state index contributed by atoms with van der Waals surface area (Å²) in [6.45, 7) is 2.50. The number of aliphatic hydroxyl groups is 2. The molecule has 9 nitrogen and oxygen atoms in total. The van der Waals surface area contributed by atoms with Gasteiger partial charge in [-0.1, -0.05) is 48.5 Å². The molecule has 0 radical (unpaired) electrons. The monoisotopic (exact) mass is 498 g/mol. The van der Waals surface area contributed by atoms with Crippen LogP contribution in [0.2, 0.25) is 0 Å². The number of ether oxygens (including phenoxy) is 2. The summed E-state index contributed by atoms with van der Waals surface area (Å²) in [4.78, 5) is 24.6. The van der Waals surface area contributed by atoms with Crippen LogP contribution in [0.5, 0.6) is 0 Å². The molecule has 36 heavy (non-hydrogen) atoms. The van der Waals surface area contributed by atoms with Gasteiger partial charge in [0.2, 0.25) is 5.91 Å². The minimum Gasteiger partial charge on any atom is -0.481 e. The van der Waals surface area contributed by atoms with Crippen molar-refractivity contribution in [2.24, 2.45) is 0 Å². The average molecular weight is 499 g/mol. The van der Waals surface area contributed by atoms with Crippen molar-refractivity contribution in [2.75, 3.05) is 19.6 Å². The van der Waals surface area contributed by atoms with E-state index >= 15 is 0 Å². The SMILES string of the molecule is O=C(O)CCC(=O)NCc1ccc([C@@H]2O[C@H](CN3CC[C@H](O)C3)C[C@H](c3ccc(CO)cc3)O2)cc1. The molecular weight excluding hydrogens is 464 g/mol. The highest BCUT2D eigenvalue weighted by Crippen LogP contribution is 2.38. The van der Waals surface area contributed by atoms with E-state index in [2.05, 4.69) is 10.2 Å². The lowest BCUT2D eigenvalue weighted by Gasteiger charge is -2.37. The number of amides is 1. The van der Waals surface area contributed by atoms with Gasteiger partial charge in [0.15, 0.2) is 6.29 Å². The first-order valence-corrected chi connectivity index (χ1v) is 12.4. The van der Waals surface area contributed by atoms with E-state index < -0.39 is 12.3 Å². The van der Waals surface area contributed by atoms with E-state index in [4.69, 9.17) is 14.6 Å². The van der Waals surface area contributed by atoms with Crippen LogP contribution in [0, 0.1) is 0 Å². The zero-order valence-electron chi connectivity index (χ0n) is 20.2. The van der Waals surface area contributed by atoms with Crippen molar-refractivity contribution in [3.05, 3.63) is 70.8 Å². The van der Waals surface area contributed by atoms with Crippen molar-refractivity contribution in [2.45, 2.75) is 63.4 Å². The van der Waals surface area contributed by atoms with Gasteiger partial charge in [-0.3, -0.25) is 14.5 Å². The summed E-state index contributed by atoms with van der Waals surface area (Å²) in [6, 6.07) is 15.4. The molecule has 2 aromatic rings. The first kappa shape index (κ1) is 26.2. The third-order valence-corrected chi connectivity index (χ3v) is 6.63. The van der Waals surface area contributed by atoms with Crippen molar-refractivity contribution in [1.29, 1.82) is 0 Å². The number of nitrogens with one attached hydrogen (secondary N) is 1. The zero-order chi connectivity index (χ0) is 25.5. The number of nitrogens with zero attached hydrogens (tertiary/aromatic N) is 1. The fourth-order valence-electron chi connectivity index (χ4n) is 4.60.